The van der Waals surface area contributed by atoms with Crippen LogP contribution in [0.2, 0.25) is 0 Å². The molecule has 0 saturated carbocycles. The fourth-order valence-electron chi connectivity index (χ4n) is 3.45. The van der Waals surface area contributed by atoms with Crippen molar-refractivity contribution in [2.75, 3.05) is 26.5 Å². The van der Waals surface area contributed by atoms with E-state index in [1.807, 2.05) is 31.2 Å². The number of ether oxygens (including phenoxy) is 1. The summed E-state index contributed by atoms with van der Waals surface area (Å²) >= 11 is 0. The molecule has 1 heterocycles. The second-order valence-corrected chi connectivity index (χ2v) is 10.2. The lowest BCUT2D eigenvalue weighted by Gasteiger charge is -2.15. The number of aromatic nitrogens is 3. The standard InChI is InChI=1S/C25H25N5O4S/c1-17-5-7-18(8-6-17)23-16-26-28-30(23)20-11-9-19(10-12-20)25(31)27-22-15-21(13-14-24(22)34-4)35(32,33)29(2)3/h5-16H,1-4H3,(H,27,31). The maximum absolute atomic E-state index is 12.9. The fourth-order valence-corrected chi connectivity index (χ4v) is 4.38. The molecule has 1 aromatic heterocycles. The van der Waals surface area contributed by atoms with E-state index < -0.39 is 15.9 Å². The molecule has 35 heavy (non-hydrogen) atoms. The molecular weight excluding hydrogens is 466 g/mol. The van der Waals surface area contributed by atoms with Crippen molar-refractivity contribution >= 4 is 21.6 Å². The summed E-state index contributed by atoms with van der Waals surface area (Å²) < 4.78 is 33.1. The molecule has 0 bridgehead atoms. The molecule has 10 heteroatoms. The Morgan fingerprint density at radius 2 is 1.69 bits per heavy atom. The minimum Gasteiger partial charge on any atom is -0.495 e. The Hall–Kier alpha value is -4.02. The molecule has 0 saturated heterocycles. The van der Waals surface area contributed by atoms with E-state index >= 15 is 0 Å². The molecule has 0 aliphatic rings. The van der Waals surface area contributed by atoms with Crippen molar-refractivity contribution in [1.29, 1.82) is 0 Å². The molecule has 0 spiro atoms. The minimum atomic E-state index is -3.67. The second kappa shape index (κ2) is 9.69. The molecule has 4 aromatic rings. The van der Waals surface area contributed by atoms with E-state index in [2.05, 4.69) is 15.6 Å². The van der Waals surface area contributed by atoms with Crippen LogP contribution in [0.15, 0.2) is 77.8 Å². The summed E-state index contributed by atoms with van der Waals surface area (Å²) in [4.78, 5) is 13.0. The zero-order chi connectivity index (χ0) is 25.2. The molecule has 0 aliphatic carbocycles. The first-order valence-corrected chi connectivity index (χ1v) is 12.1. The van der Waals surface area contributed by atoms with Crippen LogP contribution in [0.5, 0.6) is 5.75 Å². The van der Waals surface area contributed by atoms with Gasteiger partial charge < -0.3 is 10.1 Å². The summed E-state index contributed by atoms with van der Waals surface area (Å²) in [5.41, 5.74) is 4.33. The highest BCUT2D eigenvalue weighted by atomic mass is 32.2. The van der Waals surface area contributed by atoms with Gasteiger partial charge in [0.25, 0.3) is 5.91 Å². The number of rotatable bonds is 7. The first kappa shape index (κ1) is 24.1. The normalized spacial score (nSPS) is 11.5. The molecular formula is C25H25N5O4S. The lowest BCUT2D eigenvalue weighted by Crippen LogP contribution is -2.22. The van der Waals surface area contributed by atoms with Gasteiger partial charge in [0.1, 0.15) is 5.75 Å². The largest absolute Gasteiger partial charge is 0.495 e. The van der Waals surface area contributed by atoms with Crippen LogP contribution in [-0.4, -0.2) is 54.8 Å². The highest BCUT2D eigenvalue weighted by Gasteiger charge is 2.20. The average Bonchev–Trinajstić information content (AvgIpc) is 3.34. The molecule has 0 fully saturated rings. The number of nitrogens with zero attached hydrogens (tertiary/aromatic N) is 4. The van der Waals surface area contributed by atoms with Crippen molar-refractivity contribution < 1.29 is 17.9 Å². The van der Waals surface area contributed by atoms with E-state index in [4.69, 9.17) is 4.74 Å². The Bertz CT molecular complexity index is 1460. The van der Waals surface area contributed by atoms with Crippen LogP contribution >= 0.6 is 0 Å². The van der Waals surface area contributed by atoms with Crippen LogP contribution in [0.3, 0.4) is 0 Å². The van der Waals surface area contributed by atoms with Crippen molar-refractivity contribution in [3.05, 3.63) is 84.1 Å². The summed E-state index contributed by atoms with van der Waals surface area (Å²) in [6, 6.07) is 19.2. The van der Waals surface area contributed by atoms with Crippen molar-refractivity contribution in [3.8, 4) is 22.7 Å². The fraction of sp³-hybridized carbons (Fsp3) is 0.160. The van der Waals surface area contributed by atoms with Gasteiger partial charge in [-0.05, 0) is 49.4 Å². The summed E-state index contributed by atoms with van der Waals surface area (Å²) in [5.74, 6) is -0.0652. The molecule has 0 unspecified atom stereocenters. The smallest absolute Gasteiger partial charge is 0.255 e. The third-order valence-electron chi connectivity index (χ3n) is 5.47. The highest BCUT2D eigenvalue weighted by molar-refractivity contribution is 7.89. The summed E-state index contributed by atoms with van der Waals surface area (Å²) in [6.07, 6.45) is 1.69. The predicted molar refractivity (Wildman–Crippen MR) is 133 cm³/mol. The summed E-state index contributed by atoms with van der Waals surface area (Å²) in [5, 5.41) is 11.0. The number of benzene rings is 3. The number of hydrogen-bond donors (Lipinski definition) is 1. The number of methoxy groups -OCH3 is 1. The molecule has 1 N–H and O–H groups in total. The highest BCUT2D eigenvalue weighted by Crippen LogP contribution is 2.29. The van der Waals surface area contributed by atoms with Gasteiger partial charge in [0.2, 0.25) is 10.0 Å². The Balaban J connectivity index is 1.59. The third kappa shape index (κ3) is 4.93. The van der Waals surface area contributed by atoms with Gasteiger partial charge in [0.05, 0.1) is 35.3 Å². The number of carbonyl (C=O) groups excluding carboxylic acids is 1. The van der Waals surface area contributed by atoms with Gasteiger partial charge in [-0.15, -0.1) is 5.10 Å². The van der Waals surface area contributed by atoms with Crippen LogP contribution in [-0.2, 0) is 10.0 Å². The van der Waals surface area contributed by atoms with E-state index in [1.165, 1.54) is 39.4 Å². The van der Waals surface area contributed by atoms with Crippen molar-refractivity contribution in [2.24, 2.45) is 0 Å². The van der Waals surface area contributed by atoms with Gasteiger partial charge in [0, 0.05) is 25.2 Å². The average molecular weight is 492 g/mol. The van der Waals surface area contributed by atoms with E-state index in [0.29, 0.717) is 11.3 Å². The monoisotopic (exact) mass is 491 g/mol. The summed E-state index contributed by atoms with van der Waals surface area (Å²) in [6.45, 7) is 2.02. The quantitative estimate of drug-likeness (QED) is 0.422. The number of anilines is 1. The number of carbonyl (C=O) groups is 1. The lowest BCUT2D eigenvalue weighted by molar-refractivity contribution is 0.102. The van der Waals surface area contributed by atoms with E-state index in [9.17, 15) is 13.2 Å². The first-order valence-electron chi connectivity index (χ1n) is 10.7. The van der Waals surface area contributed by atoms with Crippen molar-refractivity contribution in [2.45, 2.75) is 11.8 Å². The third-order valence-corrected chi connectivity index (χ3v) is 7.28. The maximum atomic E-state index is 12.9. The van der Waals surface area contributed by atoms with Crippen LogP contribution in [0.25, 0.3) is 16.9 Å². The SMILES string of the molecule is COc1ccc(S(=O)(=O)N(C)C)cc1NC(=O)c1ccc(-n2nncc2-c2ccc(C)cc2)cc1. The molecule has 0 aliphatic heterocycles. The van der Waals surface area contributed by atoms with E-state index in [-0.39, 0.29) is 10.6 Å². The van der Waals surface area contributed by atoms with Crippen LogP contribution < -0.4 is 10.1 Å². The molecule has 3 aromatic carbocycles. The van der Waals surface area contributed by atoms with Gasteiger partial charge >= 0.3 is 0 Å². The number of sulfonamides is 1. The number of nitrogens with one attached hydrogen (secondary N) is 1. The molecule has 0 atom stereocenters. The van der Waals surface area contributed by atoms with Crippen molar-refractivity contribution in [3.63, 3.8) is 0 Å². The maximum Gasteiger partial charge on any atom is 0.255 e. The van der Waals surface area contributed by atoms with Gasteiger partial charge in [-0.3, -0.25) is 4.79 Å². The molecule has 180 valence electrons. The number of amides is 1. The van der Waals surface area contributed by atoms with E-state index in [0.717, 1.165) is 26.8 Å². The molecule has 0 radical (unpaired) electrons. The second-order valence-electron chi connectivity index (χ2n) is 8.05. The van der Waals surface area contributed by atoms with Gasteiger partial charge in [0.15, 0.2) is 0 Å². The minimum absolute atomic E-state index is 0.0452. The Morgan fingerprint density at radius 1 is 1.00 bits per heavy atom. The summed E-state index contributed by atoms with van der Waals surface area (Å²) in [7, 11) is 0.660. The Kier molecular flexibility index (Phi) is 6.68. The van der Waals surface area contributed by atoms with Gasteiger partial charge in [-0.25, -0.2) is 17.4 Å². The van der Waals surface area contributed by atoms with E-state index in [1.54, 1.807) is 35.1 Å². The van der Waals surface area contributed by atoms with Gasteiger partial charge in [-0.2, -0.15) is 0 Å². The zero-order valence-electron chi connectivity index (χ0n) is 19.8. The van der Waals surface area contributed by atoms with Crippen LogP contribution in [0.4, 0.5) is 5.69 Å². The predicted octanol–water partition coefficient (Wildman–Crippen LogP) is 3.75. The number of aryl methyl sites for hydroxylation is 1. The number of hydrogen-bond acceptors (Lipinski definition) is 6. The zero-order valence-corrected chi connectivity index (χ0v) is 20.6. The Labute approximate surface area is 204 Å². The Morgan fingerprint density at radius 3 is 2.31 bits per heavy atom. The van der Waals surface area contributed by atoms with Crippen LogP contribution in [0.1, 0.15) is 15.9 Å². The molecule has 9 nitrogen and oxygen atoms in total. The molecule has 1 amide bonds. The first-order chi connectivity index (χ1) is 16.7. The topological polar surface area (TPSA) is 106 Å². The van der Waals surface area contributed by atoms with Crippen LogP contribution in [0, 0.1) is 6.92 Å². The van der Waals surface area contributed by atoms with Gasteiger partial charge in [-0.1, -0.05) is 35.0 Å². The van der Waals surface area contributed by atoms with Crippen molar-refractivity contribution in [1.82, 2.24) is 19.3 Å². The lowest BCUT2D eigenvalue weighted by atomic mass is 10.1. The molecule has 4 rings (SSSR count).